The molecule has 1 aliphatic heterocycles. The SMILES string of the molecule is N#Cc1cnc(N2CC(O)C(O)C2)cn1. The third kappa shape index (κ3) is 1.88. The molecule has 0 aromatic carbocycles. The molecule has 15 heavy (non-hydrogen) atoms. The Morgan fingerprint density at radius 1 is 1.27 bits per heavy atom. The summed E-state index contributed by atoms with van der Waals surface area (Å²) in [6, 6.07) is 1.87. The maximum atomic E-state index is 9.34. The monoisotopic (exact) mass is 206 g/mol. The van der Waals surface area contributed by atoms with Crippen molar-refractivity contribution in [1.29, 1.82) is 5.26 Å². The normalized spacial score (nSPS) is 25.3. The number of aromatic nitrogens is 2. The molecular formula is C9H10N4O2. The molecule has 1 aromatic rings. The quantitative estimate of drug-likeness (QED) is 0.605. The van der Waals surface area contributed by atoms with Gasteiger partial charge in [0.15, 0.2) is 5.69 Å². The van der Waals surface area contributed by atoms with Crippen LogP contribution in [0.15, 0.2) is 12.4 Å². The van der Waals surface area contributed by atoms with Crippen molar-refractivity contribution in [3.05, 3.63) is 18.1 Å². The molecule has 0 amide bonds. The Kier molecular flexibility index (Phi) is 2.49. The lowest BCUT2D eigenvalue weighted by Gasteiger charge is -2.15. The second-order valence-electron chi connectivity index (χ2n) is 3.41. The number of nitrogens with zero attached hydrogens (tertiary/aromatic N) is 4. The van der Waals surface area contributed by atoms with E-state index in [9.17, 15) is 10.2 Å². The van der Waals surface area contributed by atoms with E-state index in [-0.39, 0.29) is 5.69 Å². The van der Waals surface area contributed by atoms with Crippen LogP contribution >= 0.6 is 0 Å². The fourth-order valence-corrected chi connectivity index (χ4v) is 1.50. The van der Waals surface area contributed by atoms with Gasteiger partial charge in [-0.05, 0) is 0 Å². The molecule has 1 fully saturated rings. The lowest BCUT2D eigenvalue weighted by Crippen LogP contribution is -2.22. The van der Waals surface area contributed by atoms with Gasteiger partial charge in [-0.3, -0.25) is 0 Å². The summed E-state index contributed by atoms with van der Waals surface area (Å²) in [6.07, 6.45) is 1.33. The van der Waals surface area contributed by atoms with Crippen molar-refractivity contribution in [3.63, 3.8) is 0 Å². The third-order valence-electron chi connectivity index (χ3n) is 2.34. The fourth-order valence-electron chi connectivity index (χ4n) is 1.50. The minimum atomic E-state index is -0.748. The fraction of sp³-hybridized carbons (Fsp3) is 0.444. The molecule has 0 radical (unpaired) electrons. The molecule has 1 saturated heterocycles. The summed E-state index contributed by atoms with van der Waals surface area (Å²) >= 11 is 0. The van der Waals surface area contributed by atoms with E-state index in [1.807, 2.05) is 6.07 Å². The number of aliphatic hydroxyl groups excluding tert-OH is 2. The lowest BCUT2D eigenvalue weighted by molar-refractivity contribution is 0.0572. The average Bonchev–Trinajstić information content (AvgIpc) is 2.59. The van der Waals surface area contributed by atoms with E-state index in [0.29, 0.717) is 18.9 Å². The third-order valence-corrected chi connectivity index (χ3v) is 2.34. The molecule has 0 bridgehead atoms. The Bertz CT molecular complexity index is 376. The summed E-state index contributed by atoms with van der Waals surface area (Å²) in [5.41, 5.74) is 0.249. The molecule has 6 heteroatoms. The largest absolute Gasteiger partial charge is 0.389 e. The maximum absolute atomic E-state index is 9.34. The molecule has 1 aromatic heterocycles. The number of nitriles is 1. The van der Waals surface area contributed by atoms with Crippen molar-refractivity contribution in [2.45, 2.75) is 12.2 Å². The van der Waals surface area contributed by atoms with Gasteiger partial charge in [0.25, 0.3) is 0 Å². The van der Waals surface area contributed by atoms with Crippen molar-refractivity contribution >= 4 is 5.82 Å². The Morgan fingerprint density at radius 2 is 1.93 bits per heavy atom. The smallest absolute Gasteiger partial charge is 0.158 e. The van der Waals surface area contributed by atoms with Gasteiger partial charge in [0.1, 0.15) is 11.9 Å². The standard InChI is InChI=1S/C9H10N4O2/c10-1-6-2-12-9(3-11-6)13-4-7(14)8(15)5-13/h2-3,7-8,14-15H,4-5H2. The summed E-state index contributed by atoms with van der Waals surface area (Å²) in [5.74, 6) is 0.560. The zero-order valence-corrected chi connectivity index (χ0v) is 7.91. The first kappa shape index (κ1) is 9.83. The van der Waals surface area contributed by atoms with E-state index in [4.69, 9.17) is 5.26 Å². The van der Waals surface area contributed by atoms with Crippen LogP contribution in [-0.2, 0) is 0 Å². The van der Waals surface area contributed by atoms with E-state index in [2.05, 4.69) is 9.97 Å². The van der Waals surface area contributed by atoms with Gasteiger partial charge in [-0.1, -0.05) is 0 Å². The van der Waals surface area contributed by atoms with E-state index < -0.39 is 12.2 Å². The van der Waals surface area contributed by atoms with Crippen LogP contribution in [0.1, 0.15) is 5.69 Å². The minimum absolute atomic E-state index is 0.249. The Morgan fingerprint density at radius 3 is 2.40 bits per heavy atom. The lowest BCUT2D eigenvalue weighted by atomic mass is 10.3. The van der Waals surface area contributed by atoms with Gasteiger partial charge in [-0.15, -0.1) is 0 Å². The molecule has 2 atom stereocenters. The summed E-state index contributed by atoms with van der Waals surface area (Å²) in [5, 5.41) is 27.2. The average molecular weight is 206 g/mol. The first-order chi connectivity index (χ1) is 7.20. The van der Waals surface area contributed by atoms with E-state index in [0.717, 1.165) is 0 Å². The number of β-amino-alcohol motifs (C(OH)–C–C–N with tert-alkyl or cyclic N) is 2. The molecular weight excluding hydrogens is 196 g/mol. The molecule has 0 aliphatic carbocycles. The van der Waals surface area contributed by atoms with Gasteiger partial charge in [0.05, 0.1) is 24.6 Å². The Balaban J connectivity index is 2.14. The van der Waals surface area contributed by atoms with Crippen LogP contribution < -0.4 is 4.90 Å². The highest BCUT2D eigenvalue weighted by molar-refractivity contribution is 5.39. The van der Waals surface area contributed by atoms with Crippen molar-refractivity contribution in [1.82, 2.24) is 9.97 Å². The molecule has 78 valence electrons. The second kappa shape index (κ2) is 3.81. The van der Waals surface area contributed by atoms with Gasteiger partial charge in [0.2, 0.25) is 0 Å². The first-order valence-electron chi connectivity index (χ1n) is 4.54. The number of hydrogen-bond acceptors (Lipinski definition) is 6. The highest BCUT2D eigenvalue weighted by Gasteiger charge is 2.30. The molecule has 2 rings (SSSR count). The summed E-state index contributed by atoms with van der Waals surface area (Å²) in [7, 11) is 0. The van der Waals surface area contributed by atoms with E-state index in [1.54, 1.807) is 4.90 Å². The second-order valence-corrected chi connectivity index (χ2v) is 3.41. The van der Waals surface area contributed by atoms with E-state index >= 15 is 0 Å². The Labute approximate surface area is 86.4 Å². The zero-order chi connectivity index (χ0) is 10.8. The summed E-state index contributed by atoms with van der Waals surface area (Å²) in [4.78, 5) is 9.61. The van der Waals surface area contributed by atoms with Crippen LogP contribution in [0.3, 0.4) is 0 Å². The summed E-state index contributed by atoms with van der Waals surface area (Å²) in [6.45, 7) is 0.670. The highest BCUT2D eigenvalue weighted by Crippen LogP contribution is 2.17. The molecule has 2 N–H and O–H groups in total. The Hall–Kier alpha value is -1.71. The van der Waals surface area contributed by atoms with E-state index in [1.165, 1.54) is 12.4 Å². The first-order valence-corrected chi connectivity index (χ1v) is 4.54. The van der Waals surface area contributed by atoms with Crippen LogP contribution in [0.25, 0.3) is 0 Å². The number of hydrogen-bond donors (Lipinski definition) is 2. The molecule has 1 aliphatic rings. The summed E-state index contributed by atoms with van der Waals surface area (Å²) < 4.78 is 0. The van der Waals surface area contributed by atoms with Crippen molar-refractivity contribution in [3.8, 4) is 6.07 Å². The predicted octanol–water partition coefficient (Wildman–Crippen LogP) is -1.11. The van der Waals surface area contributed by atoms with Crippen LogP contribution in [0.5, 0.6) is 0 Å². The van der Waals surface area contributed by atoms with Crippen LogP contribution in [0, 0.1) is 11.3 Å². The van der Waals surface area contributed by atoms with Gasteiger partial charge < -0.3 is 15.1 Å². The van der Waals surface area contributed by atoms with Crippen molar-refractivity contribution in [2.75, 3.05) is 18.0 Å². The molecule has 2 heterocycles. The molecule has 0 saturated carbocycles. The van der Waals surface area contributed by atoms with Gasteiger partial charge in [0, 0.05) is 13.1 Å². The van der Waals surface area contributed by atoms with Gasteiger partial charge >= 0.3 is 0 Å². The van der Waals surface area contributed by atoms with Crippen molar-refractivity contribution in [2.24, 2.45) is 0 Å². The van der Waals surface area contributed by atoms with Gasteiger partial charge in [-0.2, -0.15) is 5.26 Å². The molecule has 0 spiro atoms. The zero-order valence-electron chi connectivity index (χ0n) is 7.91. The minimum Gasteiger partial charge on any atom is -0.389 e. The van der Waals surface area contributed by atoms with Crippen LogP contribution in [0.4, 0.5) is 5.82 Å². The van der Waals surface area contributed by atoms with Gasteiger partial charge in [-0.25, -0.2) is 9.97 Å². The van der Waals surface area contributed by atoms with Crippen LogP contribution in [0.2, 0.25) is 0 Å². The predicted molar refractivity (Wildman–Crippen MR) is 51.0 cm³/mol. The van der Waals surface area contributed by atoms with Crippen molar-refractivity contribution < 1.29 is 10.2 Å². The number of anilines is 1. The van der Waals surface area contributed by atoms with Crippen LogP contribution in [-0.4, -0.2) is 45.5 Å². The number of aliphatic hydroxyl groups is 2. The number of rotatable bonds is 1. The topological polar surface area (TPSA) is 93.3 Å². The maximum Gasteiger partial charge on any atom is 0.158 e. The molecule has 2 unspecified atom stereocenters. The molecule has 6 nitrogen and oxygen atoms in total. The highest BCUT2D eigenvalue weighted by atomic mass is 16.3.